The molecule has 3 fully saturated rings. The van der Waals surface area contributed by atoms with Crippen LogP contribution in [0.3, 0.4) is 0 Å². The van der Waals surface area contributed by atoms with Crippen LogP contribution in [-0.4, -0.2) is 61.1 Å². The molecule has 3 rings (SSSR count). The highest BCUT2D eigenvalue weighted by Crippen LogP contribution is 2.23. The second-order valence-corrected chi connectivity index (χ2v) is 5.56. The molecular weight excluding hydrogens is 216 g/mol. The van der Waals surface area contributed by atoms with Gasteiger partial charge in [-0.25, -0.2) is 0 Å². The number of piperidine rings is 1. The molecule has 0 spiro atoms. The zero-order chi connectivity index (χ0) is 11.7. The summed E-state index contributed by atoms with van der Waals surface area (Å²) in [5.41, 5.74) is 0. The molecule has 0 aromatic rings. The van der Waals surface area contributed by atoms with E-state index in [-0.39, 0.29) is 0 Å². The highest BCUT2D eigenvalue weighted by molar-refractivity contribution is 5.79. The molecule has 17 heavy (non-hydrogen) atoms. The van der Waals surface area contributed by atoms with Crippen molar-refractivity contribution in [3.05, 3.63) is 0 Å². The zero-order valence-corrected chi connectivity index (χ0v) is 10.4. The Morgan fingerprint density at radius 1 is 1.12 bits per heavy atom. The van der Waals surface area contributed by atoms with Crippen LogP contribution in [-0.2, 0) is 9.53 Å². The van der Waals surface area contributed by atoms with E-state index in [1.54, 1.807) is 0 Å². The monoisotopic (exact) mass is 238 g/mol. The predicted molar refractivity (Wildman–Crippen MR) is 64.7 cm³/mol. The second kappa shape index (κ2) is 4.94. The van der Waals surface area contributed by atoms with Gasteiger partial charge in [0.15, 0.2) is 0 Å². The second-order valence-electron chi connectivity index (χ2n) is 5.56. The fourth-order valence-electron chi connectivity index (χ4n) is 3.02. The van der Waals surface area contributed by atoms with Gasteiger partial charge in [-0.1, -0.05) is 0 Å². The number of hydrogen-bond donors (Lipinski definition) is 0. The summed E-state index contributed by atoms with van der Waals surface area (Å²) in [6.07, 6.45) is 4.97. The van der Waals surface area contributed by atoms with E-state index in [1.165, 1.54) is 12.8 Å². The van der Waals surface area contributed by atoms with E-state index in [2.05, 4.69) is 9.80 Å². The van der Waals surface area contributed by atoms with Crippen LogP contribution >= 0.6 is 0 Å². The van der Waals surface area contributed by atoms with E-state index in [1.807, 2.05) is 0 Å². The number of hydrogen-bond acceptors (Lipinski definition) is 3. The van der Waals surface area contributed by atoms with Gasteiger partial charge in [0.1, 0.15) is 0 Å². The average Bonchev–Trinajstić information content (AvgIpc) is 3.00. The molecule has 96 valence electrons. The van der Waals surface area contributed by atoms with Crippen molar-refractivity contribution in [2.75, 3.05) is 39.3 Å². The molecule has 0 aliphatic carbocycles. The van der Waals surface area contributed by atoms with E-state index in [0.717, 1.165) is 52.2 Å². The van der Waals surface area contributed by atoms with Gasteiger partial charge < -0.3 is 14.5 Å². The largest absolute Gasteiger partial charge is 0.372 e. The minimum atomic E-state index is 0.296. The van der Waals surface area contributed by atoms with Crippen LogP contribution in [0, 0.1) is 5.92 Å². The molecule has 0 N–H and O–H groups in total. The Hall–Kier alpha value is -0.610. The smallest absolute Gasteiger partial charge is 0.225 e. The normalized spacial score (nSPS) is 30.8. The SMILES string of the molecule is O=C(C1CCN(C[C@H]2CO2)CC1)N1CCCC1. The maximum absolute atomic E-state index is 12.2. The molecule has 3 saturated heterocycles. The Bertz CT molecular complexity index is 277. The van der Waals surface area contributed by atoms with Crippen LogP contribution in [0.4, 0.5) is 0 Å². The van der Waals surface area contributed by atoms with Gasteiger partial charge in [-0.2, -0.15) is 0 Å². The van der Waals surface area contributed by atoms with Crippen molar-refractivity contribution < 1.29 is 9.53 Å². The Morgan fingerprint density at radius 2 is 1.76 bits per heavy atom. The first-order valence-electron chi connectivity index (χ1n) is 6.95. The number of epoxide rings is 1. The van der Waals surface area contributed by atoms with Crippen molar-refractivity contribution in [1.82, 2.24) is 9.80 Å². The zero-order valence-electron chi connectivity index (χ0n) is 10.4. The molecule has 4 heteroatoms. The Balaban J connectivity index is 1.44. The fourth-order valence-corrected chi connectivity index (χ4v) is 3.02. The third-order valence-electron chi connectivity index (χ3n) is 4.22. The van der Waals surface area contributed by atoms with Crippen LogP contribution < -0.4 is 0 Å². The summed E-state index contributed by atoms with van der Waals surface area (Å²) in [4.78, 5) is 16.7. The highest BCUT2D eigenvalue weighted by atomic mass is 16.6. The minimum Gasteiger partial charge on any atom is -0.372 e. The number of carbonyl (C=O) groups is 1. The lowest BCUT2D eigenvalue weighted by atomic mass is 9.95. The minimum absolute atomic E-state index is 0.296. The molecule has 4 nitrogen and oxygen atoms in total. The number of amides is 1. The molecule has 1 amide bonds. The van der Waals surface area contributed by atoms with Crippen molar-refractivity contribution in [2.24, 2.45) is 5.92 Å². The third-order valence-corrected chi connectivity index (χ3v) is 4.22. The Labute approximate surface area is 103 Å². The molecule has 0 saturated carbocycles. The van der Waals surface area contributed by atoms with Crippen molar-refractivity contribution in [3.63, 3.8) is 0 Å². The summed E-state index contributed by atoms with van der Waals surface area (Å²) >= 11 is 0. The Kier molecular flexibility index (Phi) is 3.34. The van der Waals surface area contributed by atoms with Crippen molar-refractivity contribution in [1.29, 1.82) is 0 Å². The van der Waals surface area contributed by atoms with Gasteiger partial charge in [-0.05, 0) is 38.8 Å². The van der Waals surface area contributed by atoms with E-state index < -0.39 is 0 Å². The summed E-state index contributed by atoms with van der Waals surface area (Å²) in [5.74, 6) is 0.717. The first kappa shape index (κ1) is 11.5. The lowest BCUT2D eigenvalue weighted by Gasteiger charge is -2.32. The lowest BCUT2D eigenvalue weighted by molar-refractivity contribution is -0.135. The number of likely N-dealkylation sites (tertiary alicyclic amines) is 2. The molecule has 3 heterocycles. The van der Waals surface area contributed by atoms with Gasteiger partial charge in [-0.15, -0.1) is 0 Å². The molecule has 3 aliphatic rings. The van der Waals surface area contributed by atoms with Crippen molar-refractivity contribution in [2.45, 2.75) is 31.8 Å². The highest BCUT2D eigenvalue weighted by Gasteiger charge is 2.32. The van der Waals surface area contributed by atoms with Gasteiger partial charge >= 0.3 is 0 Å². The Morgan fingerprint density at radius 3 is 2.35 bits per heavy atom. The molecule has 0 aromatic carbocycles. The molecule has 1 atom stereocenters. The summed E-state index contributed by atoms with van der Waals surface area (Å²) in [7, 11) is 0. The first-order chi connectivity index (χ1) is 8.33. The lowest BCUT2D eigenvalue weighted by Crippen LogP contribution is -2.42. The maximum atomic E-state index is 12.2. The van der Waals surface area contributed by atoms with Gasteiger partial charge in [-0.3, -0.25) is 4.79 Å². The number of nitrogens with zero attached hydrogens (tertiary/aromatic N) is 2. The van der Waals surface area contributed by atoms with Gasteiger partial charge in [0.25, 0.3) is 0 Å². The summed E-state index contributed by atoms with van der Waals surface area (Å²) < 4.78 is 5.25. The van der Waals surface area contributed by atoms with Gasteiger partial charge in [0.2, 0.25) is 5.91 Å². The fraction of sp³-hybridized carbons (Fsp3) is 0.923. The molecule has 0 unspecified atom stereocenters. The predicted octanol–water partition coefficient (Wildman–Crippen LogP) is 0.720. The maximum Gasteiger partial charge on any atom is 0.225 e. The molecule has 0 bridgehead atoms. The molecule has 3 aliphatic heterocycles. The van der Waals surface area contributed by atoms with E-state index in [9.17, 15) is 4.79 Å². The van der Waals surface area contributed by atoms with Gasteiger partial charge in [0.05, 0.1) is 12.7 Å². The topological polar surface area (TPSA) is 36.1 Å². The standard InChI is InChI=1S/C13H22N2O2/c16-13(15-5-1-2-6-15)11-3-7-14(8-4-11)9-12-10-17-12/h11-12H,1-10H2/t12-/m0/s1. The third kappa shape index (κ3) is 2.80. The molecular formula is C13H22N2O2. The van der Waals surface area contributed by atoms with Crippen LogP contribution in [0.25, 0.3) is 0 Å². The number of ether oxygens (including phenoxy) is 1. The van der Waals surface area contributed by atoms with E-state index >= 15 is 0 Å². The van der Waals surface area contributed by atoms with Crippen LogP contribution in [0.2, 0.25) is 0 Å². The number of rotatable bonds is 3. The summed E-state index contributed by atoms with van der Waals surface area (Å²) in [6, 6.07) is 0. The molecule has 0 aromatic heterocycles. The first-order valence-corrected chi connectivity index (χ1v) is 6.95. The van der Waals surface area contributed by atoms with Crippen molar-refractivity contribution >= 4 is 5.91 Å². The van der Waals surface area contributed by atoms with E-state index in [4.69, 9.17) is 4.74 Å². The van der Waals surface area contributed by atoms with Crippen LogP contribution in [0.5, 0.6) is 0 Å². The van der Waals surface area contributed by atoms with Crippen LogP contribution in [0.15, 0.2) is 0 Å². The molecule has 0 radical (unpaired) electrons. The average molecular weight is 238 g/mol. The summed E-state index contributed by atoms with van der Waals surface area (Å²) in [6.45, 7) is 6.15. The quantitative estimate of drug-likeness (QED) is 0.680. The van der Waals surface area contributed by atoms with Crippen molar-refractivity contribution in [3.8, 4) is 0 Å². The van der Waals surface area contributed by atoms with Gasteiger partial charge in [0, 0.05) is 25.6 Å². The number of carbonyl (C=O) groups excluding carboxylic acids is 1. The van der Waals surface area contributed by atoms with Crippen LogP contribution in [0.1, 0.15) is 25.7 Å². The van der Waals surface area contributed by atoms with E-state index in [0.29, 0.717) is 17.9 Å². The summed E-state index contributed by atoms with van der Waals surface area (Å²) in [5, 5.41) is 0.